The lowest BCUT2D eigenvalue weighted by atomic mass is 10.0. The van der Waals surface area contributed by atoms with Crippen molar-refractivity contribution < 1.29 is 0 Å². The van der Waals surface area contributed by atoms with Crippen molar-refractivity contribution in [1.29, 1.82) is 0 Å². The summed E-state index contributed by atoms with van der Waals surface area (Å²) in [5, 5.41) is 10.7. The van der Waals surface area contributed by atoms with E-state index >= 15 is 0 Å². The molecule has 1 unspecified atom stereocenters. The first kappa shape index (κ1) is 22.7. The Hall–Kier alpha value is -0.540. The third-order valence-corrected chi connectivity index (χ3v) is 6.54. The second-order valence-electron chi connectivity index (χ2n) is 7.35. The van der Waals surface area contributed by atoms with Crippen LogP contribution in [0.2, 0.25) is 0 Å². The fourth-order valence-electron chi connectivity index (χ4n) is 4.09. The largest absolute Gasteiger partial charge is 0.363 e. The smallest absolute Gasteiger partial charge is 0.191 e. The number of halogens is 1. The minimum absolute atomic E-state index is 0. The number of hydrogen-bond acceptors (Lipinski definition) is 4. The zero-order valence-corrected chi connectivity index (χ0v) is 20.0. The Morgan fingerprint density at radius 2 is 2.00 bits per heavy atom. The van der Waals surface area contributed by atoms with E-state index in [4.69, 9.17) is 4.99 Å². The van der Waals surface area contributed by atoms with E-state index in [1.165, 1.54) is 43.6 Å². The van der Waals surface area contributed by atoms with Gasteiger partial charge in [-0.2, -0.15) is 0 Å². The molecule has 2 N–H and O–H groups in total. The number of anilines is 1. The van der Waals surface area contributed by atoms with E-state index in [9.17, 15) is 0 Å². The summed E-state index contributed by atoms with van der Waals surface area (Å²) in [5.74, 6) is 1.00. The zero-order chi connectivity index (χ0) is 18.2. The van der Waals surface area contributed by atoms with Crippen molar-refractivity contribution in [3.05, 3.63) is 17.5 Å². The molecular formula is C20H36IN5S. The van der Waals surface area contributed by atoms with Gasteiger partial charge in [0.2, 0.25) is 0 Å². The lowest BCUT2D eigenvalue weighted by molar-refractivity contribution is 0.161. The van der Waals surface area contributed by atoms with Gasteiger partial charge in [-0.05, 0) is 63.2 Å². The van der Waals surface area contributed by atoms with Crippen LogP contribution in [-0.2, 0) is 0 Å². The number of piperidine rings is 2. The number of hydrogen-bond donors (Lipinski definition) is 2. The van der Waals surface area contributed by atoms with Crippen LogP contribution in [0, 0.1) is 0 Å². The van der Waals surface area contributed by atoms with Crippen LogP contribution in [0.15, 0.2) is 22.5 Å². The summed E-state index contributed by atoms with van der Waals surface area (Å²) in [6.45, 7) is 10.9. The minimum atomic E-state index is 0. The Balaban J connectivity index is 0.00000261. The molecule has 27 heavy (non-hydrogen) atoms. The fraction of sp³-hybridized carbons (Fsp3) is 0.750. The van der Waals surface area contributed by atoms with Crippen molar-refractivity contribution >= 4 is 46.3 Å². The van der Waals surface area contributed by atoms with E-state index in [1.54, 1.807) is 0 Å². The van der Waals surface area contributed by atoms with Crippen LogP contribution in [0.3, 0.4) is 0 Å². The quantitative estimate of drug-likeness (QED) is 0.351. The van der Waals surface area contributed by atoms with Gasteiger partial charge in [0, 0.05) is 31.7 Å². The maximum absolute atomic E-state index is 4.94. The molecule has 0 radical (unpaired) electrons. The molecular weight excluding hydrogens is 469 g/mol. The molecule has 2 aliphatic heterocycles. The van der Waals surface area contributed by atoms with Crippen molar-refractivity contribution in [2.75, 3.05) is 44.2 Å². The van der Waals surface area contributed by atoms with E-state index in [0.717, 1.165) is 38.7 Å². The van der Waals surface area contributed by atoms with Crippen LogP contribution in [0.5, 0.6) is 0 Å². The van der Waals surface area contributed by atoms with Crippen LogP contribution in [0.1, 0.15) is 46.0 Å². The number of likely N-dealkylation sites (tertiary alicyclic amines) is 1. The van der Waals surface area contributed by atoms with E-state index in [1.807, 2.05) is 11.3 Å². The van der Waals surface area contributed by atoms with Crippen LogP contribution in [-0.4, -0.2) is 62.2 Å². The fourth-order valence-corrected chi connectivity index (χ4v) is 4.87. The van der Waals surface area contributed by atoms with E-state index in [2.05, 4.69) is 51.8 Å². The minimum Gasteiger partial charge on any atom is -0.363 e. The topological polar surface area (TPSA) is 42.9 Å². The van der Waals surface area contributed by atoms with Gasteiger partial charge in [0.25, 0.3) is 0 Å². The van der Waals surface area contributed by atoms with Gasteiger partial charge in [0.1, 0.15) is 0 Å². The lowest BCUT2D eigenvalue weighted by Gasteiger charge is -2.35. The SMILES string of the molecule is CCNC(=NCC1CCCCN1CC)NC1CCN(c2cccs2)CC1.I. The molecule has 2 saturated heterocycles. The van der Waals surface area contributed by atoms with Crippen molar-refractivity contribution in [1.82, 2.24) is 15.5 Å². The second-order valence-corrected chi connectivity index (χ2v) is 8.28. The molecule has 2 aliphatic rings. The molecule has 0 aliphatic carbocycles. The van der Waals surface area contributed by atoms with Gasteiger partial charge in [-0.25, -0.2) is 0 Å². The standard InChI is InChI=1S/C20H35N5S.HI/c1-3-21-20(22-16-18-8-5-6-12-24(18)4-2)23-17-10-13-25(14-11-17)19-9-7-15-26-19;/h7,9,15,17-18H,3-6,8,10-14,16H2,1-2H3,(H2,21,22,23);1H. The van der Waals surface area contributed by atoms with Gasteiger partial charge in [-0.3, -0.25) is 9.89 Å². The van der Waals surface area contributed by atoms with E-state index in [-0.39, 0.29) is 24.0 Å². The summed E-state index contributed by atoms with van der Waals surface area (Å²) in [4.78, 5) is 10.0. The summed E-state index contributed by atoms with van der Waals surface area (Å²) in [6, 6.07) is 5.51. The Kier molecular flexibility index (Phi) is 10.2. The first-order chi connectivity index (χ1) is 12.8. The number of guanidine groups is 1. The number of likely N-dealkylation sites (N-methyl/N-ethyl adjacent to an activating group) is 1. The molecule has 0 spiro atoms. The maximum atomic E-state index is 4.94. The van der Waals surface area contributed by atoms with Gasteiger partial charge in [-0.15, -0.1) is 35.3 Å². The highest BCUT2D eigenvalue weighted by atomic mass is 127. The highest BCUT2D eigenvalue weighted by molar-refractivity contribution is 14.0. The molecule has 0 aromatic carbocycles. The lowest BCUT2D eigenvalue weighted by Crippen LogP contribution is -2.49. The van der Waals surface area contributed by atoms with Gasteiger partial charge < -0.3 is 15.5 Å². The molecule has 2 fully saturated rings. The first-order valence-corrected chi connectivity index (χ1v) is 11.3. The maximum Gasteiger partial charge on any atom is 0.191 e. The van der Waals surface area contributed by atoms with Crippen molar-refractivity contribution in [2.45, 2.75) is 58.0 Å². The monoisotopic (exact) mass is 505 g/mol. The average molecular weight is 506 g/mol. The Morgan fingerprint density at radius 3 is 2.67 bits per heavy atom. The van der Waals surface area contributed by atoms with Gasteiger partial charge in [-0.1, -0.05) is 13.3 Å². The predicted molar refractivity (Wildman–Crippen MR) is 129 cm³/mol. The molecule has 3 heterocycles. The molecule has 0 amide bonds. The van der Waals surface area contributed by atoms with Crippen molar-refractivity contribution in [2.24, 2.45) is 4.99 Å². The van der Waals surface area contributed by atoms with Gasteiger partial charge >= 0.3 is 0 Å². The predicted octanol–water partition coefficient (Wildman–Crippen LogP) is 3.76. The molecule has 1 aromatic rings. The molecule has 5 nitrogen and oxygen atoms in total. The average Bonchev–Trinajstić information content (AvgIpc) is 3.22. The zero-order valence-electron chi connectivity index (χ0n) is 16.8. The molecule has 1 atom stereocenters. The van der Waals surface area contributed by atoms with Crippen LogP contribution < -0.4 is 15.5 Å². The third-order valence-electron chi connectivity index (χ3n) is 5.61. The van der Waals surface area contributed by atoms with E-state index in [0.29, 0.717) is 12.1 Å². The van der Waals surface area contributed by atoms with Crippen LogP contribution in [0.25, 0.3) is 0 Å². The molecule has 1 aromatic heterocycles. The van der Waals surface area contributed by atoms with Crippen molar-refractivity contribution in [3.8, 4) is 0 Å². The molecule has 3 rings (SSSR count). The highest BCUT2D eigenvalue weighted by Gasteiger charge is 2.22. The van der Waals surface area contributed by atoms with E-state index < -0.39 is 0 Å². The Labute approximate surface area is 186 Å². The first-order valence-electron chi connectivity index (χ1n) is 10.4. The summed E-state index contributed by atoms with van der Waals surface area (Å²) >= 11 is 1.84. The normalized spacial score (nSPS) is 22.4. The molecule has 154 valence electrons. The second kappa shape index (κ2) is 12.1. The summed E-state index contributed by atoms with van der Waals surface area (Å²) in [5.41, 5.74) is 0. The number of nitrogens with zero attached hydrogens (tertiary/aromatic N) is 3. The van der Waals surface area contributed by atoms with Gasteiger partial charge in [0.05, 0.1) is 11.5 Å². The van der Waals surface area contributed by atoms with Gasteiger partial charge in [0.15, 0.2) is 5.96 Å². The Bertz CT molecular complexity index is 543. The van der Waals surface area contributed by atoms with Crippen LogP contribution in [0.4, 0.5) is 5.00 Å². The number of aliphatic imine (C=N–C) groups is 1. The summed E-state index contributed by atoms with van der Waals surface area (Å²) in [6.07, 6.45) is 6.33. The molecule has 0 saturated carbocycles. The number of nitrogens with one attached hydrogen (secondary N) is 2. The number of rotatable bonds is 6. The highest BCUT2D eigenvalue weighted by Crippen LogP contribution is 2.24. The summed E-state index contributed by atoms with van der Waals surface area (Å²) in [7, 11) is 0. The number of thiophene rings is 1. The summed E-state index contributed by atoms with van der Waals surface area (Å²) < 4.78 is 0. The third kappa shape index (κ3) is 6.78. The van der Waals surface area contributed by atoms with Crippen molar-refractivity contribution in [3.63, 3.8) is 0 Å². The van der Waals surface area contributed by atoms with Crippen LogP contribution >= 0.6 is 35.3 Å². The molecule has 7 heteroatoms. The molecule has 0 bridgehead atoms. The Morgan fingerprint density at radius 1 is 1.19 bits per heavy atom.